The summed E-state index contributed by atoms with van der Waals surface area (Å²) in [6.07, 6.45) is 4.97. The smallest absolute Gasteiger partial charge is 0.223 e. The molecule has 0 atom stereocenters. The van der Waals surface area contributed by atoms with Crippen LogP contribution in [0, 0.1) is 0 Å². The number of hydrogen-bond acceptors (Lipinski definition) is 4. The number of carbonyl (C=O) groups is 1. The second kappa shape index (κ2) is 12.0. The minimum absolute atomic E-state index is 0.152. The van der Waals surface area contributed by atoms with Crippen LogP contribution in [0.25, 0.3) is 0 Å². The Kier molecular flexibility index (Phi) is 8.53. The Morgan fingerprint density at radius 2 is 1.82 bits per heavy atom. The minimum Gasteiger partial charge on any atom is -0.379 e. The van der Waals surface area contributed by atoms with Gasteiger partial charge in [-0.3, -0.25) is 9.69 Å². The third-order valence-corrected chi connectivity index (χ3v) is 6.41. The molecule has 2 aromatic carbocycles. The molecule has 1 fully saturated rings. The predicted molar refractivity (Wildman–Crippen MR) is 130 cm³/mol. The number of hydrogen-bond donors (Lipinski definition) is 0. The van der Waals surface area contributed by atoms with Gasteiger partial charge in [-0.15, -0.1) is 0 Å². The van der Waals surface area contributed by atoms with Crippen LogP contribution in [0.3, 0.4) is 0 Å². The lowest BCUT2D eigenvalue weighted by Crippen LogP contribution is -2.43. The molecule has 4 rings (SSSR count). The van der Waals surface area contributed by atoms with Gasteiger partial charge in [-0.1, -0.05) is 60.1 Å². The van der Waals surface area contributed by atoms with Gasteiger partial charge in [-0.25, -0.2) is 4.98 Å². The summed E-state index contributed by atoms with van der Waals surface area (Å²) < 4.78 is 7.54. The summed E-state index contributed by atoms with van der Waals surface area (Å²) in [4.78, 5) is 22.1. The molecular formula is C26H31ClN4O2. The van der Waals surface area contributed by atoms with Crippen molar-refractivity contribution in [2.24, 2.45) is 0 Å². The zero-order valence-electron chi connectivity index (χ0n) is 18.9. The molecule has 2 heterocycles. The quantitative estimate of drug-likeness (QED) is 0.455. The van der Waals surface area contributed by atoms with Gasteiger partial charge in [-0.05, 0) is 23.6 Å². The Balaban J connectivity index is 1.44. The molecule has 0 aliphatic carbocycles. The highest BCUT2D eigenvalue weighted by atomic mass is 35.5. The molecule has 0 saturated carbocycles. The van der Waals surface area contributed by atoms with Crippen molar-refractivity contribution < 1.29 is 9.53 Å². The summed E-state index contributed by atoms with van der Waals surface area (Å²) in [5, 5.41) is 0.736. The van der Waals surface area contributed by atoms with Crippen LogP contribution in [0.4, 0.5) is 0 Å². The highest BCUT2D eigenvalue weighted by molar-refractivity contribution is 6.31. The SMILES string of the molecule is O=C(CCc1ccccc1)N(CCN1CCOCC1)Cc1nccn1Cc1ccccc1Cl. The van der Waals surface area contributed by atoms with Gasteiger partial charge in [0.25, 0.3) is 0 Å². The molecule has 1 aliphatic rings. The van der Waals surface area contributed by atoms with Crippen LogP contribution < -0.4 is 0 Å². The first-order valence-electron chi connectivity index (χ1n) is 11.5. The van der Waals surface area contributed by atoms with Crippen LogP contribution in [0.5, 0.6) is 0 Å². The van der Waals surface area contributed by atoms with E-state index in [1.54, 1.807) is 6.20 Å². The van der Waals surface area contributed by atoms with E-state index < -0.39 is 0 Å². The molecule has 1 aliphatic heterocycles. The Hall–Kier alpha value is -2.67. The Bertz CT molecular complexity index is 1020. The molecule has 174 valence electrons. The van der Waals surface area contributed by atoms with E-state index in [1.807, 2.05) is 53.6 Å². The number of aromatic nitrogens is 2. The Morgan fingerprint density at radius 1 is 1.06 bits per heavy atom. The molecule has 1 aromatic heterocycles. The van der Waals surface area contributed by atoms with Gasteiger partial charge in [-0.2, -0.15) is 0 Å². The number of halogens is 1. The first-order chi connectivity index (χ1) is 16.2. The van der Waals surface area contributed by atoms with Crippen LogP contribution in [-0.4, -0.2) is 64.7 Å². The fraction of sp³-hybridized carbons (Fsp3) is 0.385. The molecule has 0 spiro atoms. The van der Waals surface area contributed by atoms with Crippen molar-refractivity contribution in [1.29, 1.82) is 0 Å². The van der Waals surface area contributed by atoms with Crippen molar-refractivity contribution >= 4 is 17.5 Å². The number of rotatable bonds is 10. The van der Waals surface area contributed by atoms with E-state index in [-0.39, 0.29) is 5.91 Å². The van der Waals surface area contributed by atoms with Gasteiger partial charge in [0, 0.05) is 50.0 Å². The molecule has 33 heavy (non-hydrogen) atoms. The first kappa shape index (κ1) is 23.5. The lowest BCUT2D eigenvalue weighted by atomic mass is 10.1. The van der Waals surface area contributed by atoms with Crippen LogP contribution in [0.15, 0.2) is 67.0 Å². The average Bonchev–Trinajstić information content (AvgIpc) is 3.29. The molecule has 3 aromatic rings. The van der Waals surface area contributed by atoms with Gasteiger partial charge >= 0.3 is 0 Å². The van der Waals surface area contributed by atoms with Gasteiger partial charge in [0.1, 0.15) is 5.82 Å². The molecule has 1 saturated heterocycles. The number of benzene rings is 2. The number of nitrogens with zero attached hydrogens (tertiary/aromatic N) is 4. The summed E-state index contributed by atoms with van der Waals surface area (Å²) in [5.74, 6) is 1.02. The van der Waals surface area contributed by atoms with Crippen LogP contribution in [-0.2, 0) is 29.0 Å². The van der Waals surface area contributed by atoms with Gasteiger partial charge < -0.3 is 14.2 Å². The summed E-state index contributed by atoms with van der Waals surface area (Å²) in [6, 6.07) is 18.0. The summed E-state index contributed by atoms with van der Waals surface area (Å²) in [7, 11) is 0. The molecular weight excluding hydrogens is 436 g/mol. The van der Waals surface area contributed by atoms with Crippen molar-refractivity contribution in [3.8, 4) is 0 Å². The van der Waals surface area contributed by atoms with Gasteiger partial charge in [0.05, 0.1) is 26.3 Å². The Morgan fingerprint density at radius 3 is 2.61 bits per heavy atom. The summed E-state index contributed by atoms with van der Waals surface area (Å²) >= 11 is 6.37. The lowest BCUT2D eigenvalue weighted by molar-refractivity contribution is -0.132. The maximum Gasteiger partial charge on any atom is 0.223 e. The number of aryl methyl sites for hydroxylation is 1. The van der Waals surface area contributed by atoms with E-state index in [0.29, 0.717) is 26.1 Å². The highest BCUT2D eigenvalue weighted by Crippen LogP contribution is 2.18. The largest absolute Gasteiger partial charge is 0.379 e. The first-order valence-corrected chi connectivity index (χ1v) is 11.9. The molecule has 1 amide bonds. The maximum atomic E-state index is 13.3. The zero-order valence-corrected chi connectivity index (χ0v) is 19.7. The lowest BCUT2D eigenvalue weighted by Gasteiger charge is -2.30. The van der Waals surface area contributed by atoms with E-state index >= 15 is 0 Å². The standard InChI is InChI=1S/C26H31ClN4O2/c27-24-9-5-4-8-23(24)20-30-13-12-28-25(30)21-31(15-14-29-16-18-33-19-17-29)26(32)11-10-22-6-2-1-3-7-22/h1-9,12-13H,10-11,14-21H2. The van der Waals surface area contributed by atoms with E-state index in [1.165, 1.54) is 5.56 Å². The van der Waals surface area contributed by atoms with E-state index in [0.717, 1.165) is 55.7 Å². The van der Waals surface area contributed by atoms with Crippen molar-refractivity contribution in [3.63, 3.8) is 0 Å². The monoisotopic (exact) mass is 466 g/mol. The summed E-state index contributed by atoms with van der Waals surface area (Å²) in [5.41, 5.74) is 2.22. The van der Waals surface area contributed by atoms with Gasteiger partial charge in [0.2, 0.25) is 5.91 Å². The van der Waals surface area contributed by atoms with Crippen molar-refractivity contribution in [1.82, 2.24) is 19.4 Å². The van der Waals surface area contributed by atoms with E-state index in [2.05, 4.69) is 26.6 Å². The average molecular weight is 467 g/mol. The third-order valence-electron chi connectivity index (χ3n) is 6.05. The van der Waals surface area contributed by atoms with E-state index in [9.17, 15) is 4.79 Å². The fourth-order valence-corrected chi connectivity index (χ4v) is 4.24. The van der Waals surface area contributed by atoms with Crippen molar-refractivity contribution in [2.45, 2.75) is 25.9 Å². The molecule has 0 N–H and O–H groups in total. The molecule has 0 unspecified atom stereocenters. The highest BCUT2D eigenvalue weighted by Gasteiger charge is 2.19. The third kappa shape index (κ3) is 6.90. The van der Waals surface area contributed by atoms with E-state index in [4.69, 9.17) is 16.3 Å². The number of imidazole rings is 1. The summed E-state index contributed by atoms with van der Waals surface area (Å²) in [6.45, 7) is 5.95. The number of ether oxygens (including phenoxy) is 1. The normalized spacial score (nSPS) is 14.3. The Labute approximate surface area is 200 Å². The molecule has 6 nitrogen and oxygen atoms in total. The van der Waals surface area contributed by atoms with Crippen molar-refractivity contribution in [3.05, 3.63) is 89.0 Å². The van der Waals surface area contributed by atoms with Crippen LogP contribution in [0.2, 0.25) is 5.02 Å². The minimum atomic E-state index is 0.152. The molecule has 0 radical (unpaired) electrons. The van der Waals surface area contributed by atoms with Crippen LogP contribution in [0.1, 0.15) is 23.4 Å². The van der Waals surface area contributed by atoms with Crippen LogP contribution >= 0.6 is 11.6 Å². The topological polar surface area (TPSA) is 50.6 Å². The number of carbonyl (C=O) groups excluding carboxylic acids is 1. The number of morpholine rings is 1. The number of amides is 1. The molecule has 7 heteroatoms. The maximum absolute atomic E-state index is 13.3. The van der Waals surface area contributed by atoms with Gasteiger partial charge in [0.15, 0.2) is 0 Å². The predicted octanol–water partition coefficient (Wildman–Crippen LogP) is 3.88. The van der Waals surface area contributed by atoms with Crippen molar-refractivity contribution in [2.75, 3.05) is 39.4 Å². The zero-order chi connectivity index (χ0) is 22.9. The second-order valence-corrected chi connectivity index (χ2v) is 8.72. The molecule has 0 bridgehead atoms. The second-order valence-electron chi connectivity index (χ2n) is 8.32. The fourth-order valence-electron chi connectivity index (χ4n) is 4.05.